The number of rotatable bonds is 1. The van der Waals surface area contributed by atoms with Gasteiger partial charge in [-0.05, 0) is 81.1 Å². The molecule has 7 atom stereocenters. The second kappa shape index (κ2) is 5.03. The minimum atomic E-state index is -1.18. The zero-order valence-electron chi connectivity index (χ0n) is 16.1. The number of allylic oxidation sites excluding steroid dienone is 1. The van der Waals surface area contributed by atoms with E-state index in [1.165, 1.54) is 12.5 Å². The smallest absolute Gasteiger partial charge is 0.161 e. The van der Waals surface area contributed by atoms with E-state index in [4.69, 9.17) is 1.37 Å². The van der Waals surface area contributed by atoms with Crippen molar-refractivity contribution >= 4 is 11.6 Å². The van der Waals surface area contributed by atoms with Gasteiger partial charge in [0.05, 0.1) is 0 Å². The van der Waals surface area contributed by atoms with Gasteiger partial charge < -0.3 is 5.11 Å². The molecule has 0 aliphatic heterocycles. The molecular formula is C21H30O3. The van der Waals surface area contributed by atoms with Crippen LogP contribution >= 0.6 is 0 Å². The number of Topliss-reactive ketones (excluding diaryl/α,β-unsaturated/α-hetero) is 1. The van der Waals surface area contributed by atoms with E-state index in [1.54, 1.807) is 0 Å². The topological polar surface area (TPSA) is 54.4 Å². The number of carbonyl (C=O) groups excluding carboxylic acids is 2. The molecule has 3 heteroatoms. The van der Waals surface area contributed by atoms with Gasteiger partial charge in [-0.3, -0.25) is 9.59 Å². The van der Waals surface area contributed by atoms with Crippen LogP contribution in [0.3, 0.4) is 0 Å². The van der Waals surface area contributed by atoms with E-state index in [0.29, 0.717) is 30.6 Å². The van der Waals surface area contributed by atoms with Gasteiger partial charge in [-0.25, -0.2) is 0 Å². The van der Waals surface area contributed by atoms with E-state index in [-0.39, 0.29) is 28.8 Å². The summed E-state index contributed by atoms with van der Waals surface area (Å²) in [5.74, 6) is 1.23. The van der Waals surface area contributed by atoms with Gasteiger partial charge in [0.25, 0.3) is 0 Å². The van der Waals surface area contributed by atoms with Gasteiger partial charge in [0.15, 0.2) is 11.6 Å². The molecule has 132 valence electrons. The molecule has 0 radical (unpaired) electrons. The second-order valence-electron chi connectivity index (χ2n) is 9.15. The molecule has 0 saturated heterocycles. The van der Waals surface area contributed by atoms with Crippen LogP contribution in [0, 0.1) is 28.6 Å². The first-order valence-corrected chi connectivity index (χ1v) is 9.54. The number of aliphatic hydroxyl groups is 1. The molecule has 0 aromatic carbocycles. The third kappa shape index (κ3) is 1.88. The second-order valence-corrected chi connectivity index (χ2v) is 9.15. The molecule has 4 aliphatic rings. The Kier molecular flexibility index (Phi) is 3.21. The van der Waals surface area contributed by atoms with Crippen molar-refractivity contribution in [1.82, 2.24) is 0 Å². The van der Waals surface area contributed by atoms with Gasteiger partial charge >= 0.3 is 0 Å². The molecule has 4 aliphatic carbocycles. The molecule has 4 rings (SSSR count). The van der Waals surface area contributed by atoms with Gasteiger partial charge in [-0.15, -0.1) is 0 Å². The molecule has 0 aromatic rings. The fourth-order valence-electron chi connectivity index (χ4n) is 6.93. The lowest BCUT2D eigenvalue weighted by molar-refractivity contribution is -0.160. The van der Waals surface area contributed by atoms with Crippen LogP contribution in [0.4, 0.5) is 0 Å². The lowest BCUT2D eigenvalue weighted by atomic mass is 9.46. The molecule has 0 heterocycles. The molecule has 1 unspecified atom stereocenters. The molecule has 3 fully saturated rings. The molecule has 3 nitrogen and oxygen atoms in total. The number of fused-ring (bicyclic) bond motifs is 5. The molecule has 0 amide bonds. The van der Waals surface area contributed by atoms with Crippen LogP contribution < -0.4 is 0 Å². The molecule has 0 bridgehead atoms. The fourth-order valence-corrected chi connectivity index (χ4v) is 6.93. The summed E-state index contributed by atoms with van der Waals surface area (Å²) in [6.45, 7) is 5.86. The number of hydrogen-bond donors (Lipinski definition) is 1. The van der Waals surface area contributed by atoms with Gasteiger partial charge in [0.2, 0.25) is 0 Å². The van der Waals surface area contributed by atoms with E-state index in [1.807, 2.05) is 6.08 Å². The summed E-state index contributed by atoms with van der Waals surface area (Å²) in [5.41, 5.74) is -0.537. The molecule has 1 N–H and O–H groups in total. The van der Waals surface area contributed by atoms with Crippen molar-refractivity contribution in [3.05, 3.63) is 11.6 Å². The Morgan fingerprint density at radius 2 is 1.92 bits per heavy atom. The van der Waals surface area contributed by atoms with E-state index in [0.717, 1.165) is 32.1 Å². The average molecular weight is 331 g/mol. The quantitative estimate of drug-likeness (QED) is 0.794. The molecule has 0 spiro atoms. The van der Waals surface area contributed by atoms with Crippen molar-refractivity contribution < 1.29 is 16.1 Å². The van der Waals surface area contributed by atoms with Crippen molar-refractivity contribution in [3.8, 4) is 0 Å². The highest BCUT2D eigenvalue weighted by molar-refractivity contribution is 5.91. The predicted molar refractivity (Wildman–Crippen MR) is 92.3 cm³/mol. The van der Waals surface area contributed by atoms with Crippen LogP contribution in [0.2, 0.25) is 0 Å². The van der Waals surface area contributed by atoms with Gasteiger partial charge in [-0.1, -0.05) is 19.4 Å². The summed E-state index contributed by atoms with van der Waals surface area (Å²) >= 11 is 0. The Balaban J connectivity index is 1.72. The van der Waals surface area contributed by atoms with Gasteiger partial charge in [-0.2, -0.15) is 0 Å². The molecule has 3 saturated carbocycles. The zero-order valence-corrected chi connectivity index (χ0v) is 15.1. The standard InChI is InChI=1S/C21H30O3/c1-13(22)21(24)11-8-18-16-5-4-14-12-15(23)6-9-19(14,2)17(16)7-10-20(18,21)3/h12,16-18,24H,4-11H2,1-3H3/t16-,17+,18+,19+,20+,21+/m1/s1/i9D/t9?,16-,17+,18+,19+,20+,21+. The summed E-state index contributed by atoms with van der Waals surface area (Å²) in [6.07, 6.45) is 7.01. The summed E-state index contributed by atoms with van der Waals surface area (Å²) < 4.78 is 8.67. The maximum absolute atomic E-state index is 12.2. The molecule has 0 aromatic heterocycles. The highest BCUT2D eigenvalue weighted by Crippen LogP contribution is 2.67. The van der Waals surface area contributed by atoms with Crippen LogP contribution in [-0.4, -0.2) is 22.3 Å². The first-order chi connectivity index (χ1) is 11.6. The van der Waals surface area contributed by atoms with E-state index >= 15 is 0 Å². The largest absolute Gasteiger partial charge is 0.382 e. The lowest BCUT2D eigenvalue weighted by Gasteiger charge is -2.58. The number of ketones is 2. The van der Waals surface area contributed by atoms with Crippen molar-refractivity contribution in [1.29, 1.82) is 0 Å². The predicted octanol–water partition coefficient (Wildman–Crippen LogP) is 3.84. The fraction of sp³-hybridized carbons (Fsp3) is 0.810. The SMILES string of the molecule is [2H]C1CC(=O)C=C2CC[C@H]3[C@@H]4CC[C@](O)(C(C)=O)[C@@]4(C)CC[C@@H]3[C@]21C. The van der Waals surface area contributed by atoms with E-state index in [2.05, 4.69) is 13.8 Å². The van der Waals surface area contributed by atoms with Crippen LogP contribution in [-0.2, 0) is 9.59 Å². The summed E-state index contributed by atoms with van der Waals surface area (Å²) in [5, 5.41) is 11.2. The highest BCUT2D eigenvalue weighted by atomic mass is 16.3. The Bertz CT molecular complexity index is 670. The third-order valence-electron chi connectivity index (χ3n) is 8.44. The zero-order chi connectivity index (χ0) is 18.2. The van der Waals surface area contributed by atoms with Crippen molar-refractivity contribution in [2.24, 2.45) is 28.6 Å². The third-order valence-corrected chi connectivity index (χ3v) is 8.44. The van der Waals surface area contributed by atoms with E-state index < -0.39 is 5.60 Å². The number of carbonyl (C=O) groups is 2. The molecule has 24 heavy (non-hydrogen) atoms. The Hall–Kier alpha value is -0.960. The highest BCUT2D eigenvalue weighted by Gasteiger charge is 2.65. The normalized spacial score (nSPS) is 54.2. The van der Waals surface area contributed by atoms with Crippen molar-refractivity contribution in [2.45, 2.75) is 77.7 Å². The summed E-state index contributed by atoms with van der Waals surface area (Å²) in [4.78, 5) is 24.2. The monoisotopic (exact) mass is 331 g/mol. The van der Waals surface area contributed by atoms with Crippen molar-refractivity contribution in [2.75, 3.05) is 0 Å². The van der Waals surface area contributed by atoms with Gasteiger partial charge in [0, 0.05) is 13.2 Å². The minimum Gasteiger partial charge on any atom is -0.382 e. The minimum absolute atomic E-state index is 0.0832. The first-order valence-electron chi connectivity index (χ1n) is 10.1. The summed E-state index contributed by atoms with van der Waals surface area (Å²) in [7, 11) is 0. The Morgan fingerprint density at radius 3 is 2.62 bits per heavy atom. The Labute approximate surface area is 146 Å². The Morgan fingerprint density at radius 1 is 1.21 bits per heavy atom. The van der Waals surface area contributed by atoms with Crippen molar-refractivity contribution in [3.63, 3.8) is 0 Å². The molecular weight excluding hydrogens is 300 g/mol. The number of hydrogen-bond acceptors (Lipinski definition) is 3. The average Bonchev–Trinajstić information content (AvgIpc) is 2.82. The van der Waals surface area contributed by atoms with E-state index in [9.17, 15) is 14.7 Å². The van der Waals surface area contributed by atoms with Crippen LogP contribution in [0.5, 0.6) is 0 Å². The van der Waals surface area contributed by atoms with Crippen LogP contribution in [0.1, 0.15) is 73.5 Å². The van der Waals surface area contributed by atoms with Crippen LogP contribution in [0.25, 0.3) is 0 Å². The van der Waals surface area contributed by atoms with Crippen LogP contribution in [0.15, 0.2) is 11.6 Å². The maximum Gasteiger partial charge on any atom is 0.161 e. The maximum atomic E-state index is 12.2. The lowest BCUT2D eigenvalue weighted by Crippen LogP contribution is -2.57. The van der Waals surface area contributed by atoms with Gasteiger partial charge in [0.1, 0.15) is 5.60 Å². The summed E-state index contributed by atoms with van der Waals surface area (Å²) in [6, 6.07) is 0. The first kappa shape index (κ1) is 15.3.